The summed E-state index contributed by atoms with van der Waals surface area (Å²) in [6.07, 6.45) is 0. The Bertz CT molecular complexity index is 3390. The van der Waals surface area contributed by atoms with Crippen LogP contribution in [0.3, 0.4) is 0 Å². The molecule has 0 aliphatic rings. The van der Waals surface area contributed by atoms with Crippen molar-refractivity contribution in [1.29, 1.82) is 0 Å². The molecule has 0 spiro atoms. The number of amidine groups is 2. The first-order chi connectivity index (χ1) is 28.2. The van der Waals surface area contributed by atoms with E-state index in [9.17, 15) is 0 Å². The summed E-state index contributed by atoms with van der Waals surface area (Å²) < 4.78 is 15.4. The molecule has 11 aromatic rings. The number of nitrogens with two attached hydrogens (primary N) is 1. The van der Waals surface area contributed by atoms with Crippen LogP contribution in [-0.2, 0) is 6.54 Å². The lowest BCUT2D eigenvalue weighted by molar-refractivity contribution is 0.668. The second kappa shape index (κ2) is 13.5. The standard InChI is InChI=1S/C51H33N3O2S/c52-50(40-18-9-17-38-37-14-4-6-19-42(37)56-49(38)40)54-51(33-25-23-32(24-26-33)31-11-2-1-3-12-31)53-30-35-13-8-20-44-47(35)41-29-34(27-28-43(41)55-44)36-16-10-22-46-48(36)39-15-5-7-21-45(39)57-46/h1-29H,30H2,(H2,52,53,54). The van der Waals surface area contributed by atoms with Crippen molar-refractivity contribution in [2.75, 3.05) is 0 Å². The number of para-hydroxylation sites is 2. The summed E-state index contributed by atoms with van der Waals surface area (Å²) in [5.74, 6) is 0.860. The fraction of sp³-hybridized carbons (Fsp3) is 0.0196. The van der Waals surface area contributed by atoms with E-state index >= 15 is 0 Å². The third kappa shape index (κ3) is 5.69. The molecule has 0 atom stereocenters. The van der Waals surface area contributed by atoms with Crippen molar-refractivity contribution >= 4 is 87.1 Å². The molecule has 0 saturated heterocycles. The van der Waals surface area contributed by atoms with Crippen molar-refractivity contribution < 1.29 is 8.83 Å². The fourth-order valence-corrected chi connectivity index (χ4v) is 9.26. The van der Waals surface area contributed by atoms with E-state index in [2.05, 4.69) is 115 Å². The SMILES string of the molecule is NC(=NC(=NCc1cccc2oc3ccc(-c4cccc5sc6ccccc6c45)cc3c12)c1ccc(-c2ccccc2)cc1)c1cccc2c1oc1ccccc12. The molecule has 0 aliphatic carbocycles. The zero-order chi connectivity index (χ0) is 37.9. The molecule has 8 aromatic carbocycles. The number of fused-ring (bicyclic) bond motifs is 9. The molecule has 2 N–H and O–H groups in total. The van der Waals surface area contributed by atoms with Crippen molar-refractivity contribution in [2.24, 2.45) is 15.7 Å². The van der Waals surface area contributed by atoms with E-state index in [1.54, 1.807) is 0 Å². The predicted octanol–water partition coefficient (Wildman–Crippen LogP) is 13.5. The minimum Gasteiger partial charge on any atom is -0.456 e. The highest BCUT2D eigenvalue weighted by atomic mass is 32.1. The quantitative estimate of drug-likeness (QED) is 0.136. The van der Waals surface area contributed by atoms with Crippen LogP contribution in [0.5, 0.6) is 0 Å². The zero-order valence-electron chi connectivity index (χ0n) is 30.6. The van der Waals surface area contributed by atoms with Gasteiger partial charge in [-0.25, -0.2) is 4.99 Å². The van der Waals surface area contributed by atoms with Gasteiger partial charge in [0.05, 0.1) is 12.1 Å². The van der Waals surface area contributed by atoms with Crippen LogP contribution in [0.25, 0.3) is 86.3 Å². The van der Waals surface area contributed by atoms with Gasteiger partial charge in [0.1, 0.15) is 28.2 Å². The minimum absolute atomic E-state index is 0.331. The molecule has 3 heterocycles. The van der Waals surface area contributed by atoms with Gasteiger partial charge < -0.3 is 14.6 Å². The van der Waals surface area contributed by atoms with Gasteiger partial charge in [-0.1, -0.05) is 133 Å². The van der Waals surface area contributed by atoms with Crippen molar-refractivity contribution in [2.45, 2.75) is 6.54 Å². The summed E-state index contributed by atoms with van der Waals surface area (Å²) in [6.45, 7) is 0.363. The lowest BCUT2D eigenvalue weighted by Crippen LogP contribution is -2.16. The molecular formula is C51H33N3O2S. The maximum Gasteiger partial charge on any atom is 0.157 e. The maximum absolute atomic E-state index is 6.89. The highest BCUT2D eigenvalue weighted by Crippen LogP contribution is 2.42. The average Bonchev–Trinajstić information content (AvgIpc) is 3.97. The van der Waals surface area contributed by atoms with Crippen molar-refractivity contribution in [3.63, 3.8) is 0 Å². The molecule has 0 bridgehead atoms. The van der Waals surface area contributed by atoms with Crippen molar-refractivity contribution in [1.82, 2.24) is 0 Å². The molecule has 0 fully saturated rings. The van der Waals surface area contributed by atoms with E-state index in [1.165, 1.54) is 25.7 Å². The molecule has 0 saturated carbocycles. The fourth-order valence-electron chi connectivity index (χ4n) is 8.13. The largest absolute Gasteiger partial charge is 0.456 e. The highest BCUT2D eigenvalue weighted by molar-refractivity contribution is 7.25. The lowest BCUT2D eigenvalue weighted by Gasteiger charge is -2.08. The molecule has 0 unspecified atom stereocenters. The predicted molar refractivity (Wildman–Crippen MR) is 239 cm³/mol. The molecule has 0 aliphatic heterocycles. The van der Waals surface area contributed by atoms with Gasteiger partial charge in [0.25, 0.3) is 0 Å². The second-order valence-electron chi connectivity index (χ2n) is 14.2. The Balaban J connectivity index is 1.04. The summed E-state index contributed by atoms with van der Waals surface area (Å²) in [7, 11) is 0. The molecule has 3 aromatic heterocycles. The van der Waals surface area contributed by atoms with Crippen LogP contribution in [-0.4, -0.2) is 11.7 Å². The Morgan fingerprint density at radius 3 is 2.09 bits per heavy atom. The third-order valence-corrected chi connectivity index (χ3v) is 12.0. The second-order valence-corrected chi connectivity index (χ2v) is 15.3. The molecular weight excluding hydrogens is 719 g/mol. The molecule has 5 nitrogen and oxygen atoms in total. The zero-order valence-corrected chi connectivity index (χ0v) is 31.5. The van der Waals surface area contributed by atoms with Crippen LogP contribution in [0.2, 0.25) is 0 Å². The number of furan rings is 2. The smallest absolute Gasteiger partial charge is 0.157 e. The molecule has 6 heteroatoms. The number of rotatable bonds is 6. The van der Waals surface area contributed by atoms with Gasteiger partial charge in [-0.3, -0.25) is 4.99 Å². The lowest BCUT2D eigenvalue weighted by atomic mass is 9.97. The normalized spacial score (nSPS) is 12.6. The first kappa shape index (κ1) is 33.1. The summed E-state index contributed by atoms with van der Waals surface area (Å²) >= 11 is 1.83. The van der Waals surface area contributed by atoms with E-state index in [0.717, 1.165) is 71.7 Å². The summed E-state index contributed by atoms with van der Waals surface area (Å²) in [4.78, 5) is 10.3. The van der Waals surface area contributed by atoms with Crippen LogP contribution in [0.15, 0.2) is 195 Å². The van der Waals surface area contributed by atoms with E-state index in [0.29, 0.717) is 23.8 Å². The van der Waals surface area contributed by atoms with Crippen LogP contribution in [0.1, 0.15) is 16.7 Å². The van der Waals surface area contributed by atoms with Gasteiger partial charge >= 0.3 is 0 Å². The van der Waals surface area contributed by atoms with Crippen molar-refractivity contribution in [3.8, 4) is 22.3 Å². The van der Waals surface area contributed by atoms with Gasteiger partial charge in [-0.2, -0.15) is 0 Å². The van der Waals surface area contributed by atoms with Gasteiger partial charge in [0.2, 0.25) is 0 Å². The summed E-state index contributed by atoms with van der Waals surface area (Å²) in [5, 5.41) is 6.69. The Morgan fingerprint density at radius 1 is 0.509 bits per heavy atom. The molecule has 11 rings (SSSR count). The summed E-state index contributed by atoms with van der Waals surface area (Å²) in [5.41, 5.74) is 17.3. The van der Waals surface area contributed by atoms with Crippen molar-refractivity contribution in [3.05, 3.63) is 193 Å². The van der Waals surface area contributed by atoms with Gasteiger partial charge in [0, 0.05) is 47.3 Å². The average molecular weight is 752 g/mol. The number of hydrogen-bond acceptors (Lipinski definition) is 4. The Hall–Kier alpha value is -7.28. The number of benzene rings is 8. The van der Waals surface area contributed by atoms with Gasteiger partial charge in [0.15, 0.2) is 5.84 Å². The number of nitrogens with zero attached hydrogens (tertiary/aromatic N) is 2. The summed E-state index contributed by atoms with van der Waals surface area (Å²) in [6, 6.07) is 60.7. The number of thiophene rings is 1. The molecule has 0 radical (unpaired) electrons. The van der Waals surface area contributed by atoms with E-state index in [4.69, 9.17) is 24.6 Å². The Labute approximate surface area is 331 Å². The highest BCUT2D eigenvalue weighted by Gasteiger charge is 2.17. The number of aliphatic imine (C=N–C) groups is 2. The monoisotopic (exact) mass is 751 g/mol. The van der Waals surface area contributed by atoms with Gasteiger partial charge in [-0.15, -0.1) is 11.3 Å². The minimum atomic E-state index is 0.331. The molecule has 270 valence electrons. The van der Waals surface area contributed by atoms with Crippen LogP contribution < -0.4 is 5.73 Å². The first-order valence-electron chi connectivity index (χ1n) is 19.0. The third-order valence-electron chi connectivity index (χ3n) is 10.9. The molecule has 57 heavy (non-hydrogen) atoms. The van der Waals surface area contributed by atoms with E-state index < -0.39 is 0 Å². The van der Waals surface area contributed by atoms with E-state index in [1.807, 2.05) is 72.0 Å². The van der Waals surface area contributed by atoms with Gasteiger partial charge in [-0.05, 0) is 70.3 Å². The van der Waals surface area contributed by atoms with E-state index in [-0.39, 0.29) is 0 Å². The Morgan fingerprint density at radius 2 is 1.19 bits per heavy atom. The first-order valence-corrected chi connectivity index (χ1v) is 19.8. The number of hydrogen-bond donors (Lipinski definition) is 1. The molecule has 0 amide bonds. The van der Waals surface area contributed by atoms with Crippen LogP contribution in [0, 0.1) is 0 Å². The van der Waals surface area contributed by atoms with Crippen LogP contribution >= 0.6 is 11.3 Å². The topological polar surface area (TPSA) is 77.0 Å². The Kier molecular flexibility index (Phi) is 7.83. The maximum atomic E-state index is 6.89. The van der Waals surface area contributed by atoms with Crippen LogP contribution in [0.4, 0.5) is 0 Å².